The normalized spacial score (nSPS) is 20.2. The number of hydrogen-bond acceptors (Lipinski definition) is 8. The SMILES string of the molecule is COc1ccc(N2CCN(C(=O)COC3CCC(Oc4ccc([N+](=O)[O-])c(C(F)(F)F)c4)CC3)CC2)cn1. The number of hydrogen-bond donors (Lipinski definition) is 0. The van der Waals surface area contributed by atoms with Gasteiger partial charge in [0.2, 0.25) is 11.8 Å². The third kappa shape index (κ3) is 6.82. The van der Waals surface area contributed by atoms with Crippen molar-refractivity contribution >= 4 is 17.3 Å². The highest BCUT2D eigenvalue weighted by atomic mass is 19.4. The number of alkyl halides is 3. The maximum Gasteiger partial charge on any atom is 0.423 e. The second kappa shape index (κ2) is 11.8. The van der Waals surface area contributed by atoms with Crippen LogP contribution in [0.4, 0.5) is 24.5 Å². The molecule has 0 unspecified atom stereocenters. The molecule has 38 heavy (non-hydrogen) atoms. The van der Waals surface area contributed by atoms with E-state index in [0.29, 0.717) is 63.8 Å². The van der Waals surface area contributed by atoms with Crippen molar-refractivity contribution in [1.29, 1.82) is 0 Å². The Morgan fingerprint density at radius 1 is 1.08 bits per heavy atom. The van der Waals surface area contributed by atoms with E-state index in [1.165, 1.54) is 6.07 Å². The Morgan fingerprint density at radius 2 is 1.76 bits per heavy atom. The number of halogens is 3. The zero-order chi connectivity index (χ0) is 27.3. The maximum atomic E-state index is 13.2. The van der Waals surface area contributed by atoms with Crippen LogP contribution in [-0.4, -0.2) is 72.8 Å². The van der Waals surface area contributed by atoms with Gasteiger partial charge in [0, 0.05) is 38.3 Å². The lowest BCUT2D eigenvalue weighted by Gasteiger charge is -2.36. The monoisotopic (exact) mass is 538 g/mol. The standard InChI is InChI=1S/C25H29F3N4O6/c1-36-23-9-2-17(15-29-23)30-10-12-31(13-11-30)24(33)16-37-18-3-5-19(6-4-18)38-20-7-8-22(32(34)35)21(14-20)25(26,27)28/h2,7-9,14-15,18-19H,3-6,10-13,16H2,1H3. The number of ether oxygens (including phenoxy) is 3. The number of methoxy groups -OCH3 is 1. The number of pyridine rings is 1. The third-order valence-corrected chi connectivity index (χ3v) is 6.76. The van der Waals surface area contributed by atoms with E-state index < -0.39 is 22.4 Å². The van der Waals surface area contributed by atoms with Crippen LogP contribution in [0.5, 0.6) is 11.6 Å². The Balaban J connectivity index is 1.19. The minimum atomic E-state index is -4.86. The van der Waals surface area contributed by atoms with Crippen molar-refractivity contribution < 1.29 is 37.1 Å². The summed E-state index contributed by atoms with van der Waals surface area (Å²) in [6.45, 7) is 2.48. The molecule has 10 nitrogen and oxygen atoms in total. The van der Waals surface area contributed by atoms with Gasteiger partial charge >= 0.3 is 6.18 Å². The molecule has 13 heteroatoms. The molecule has 1 aliphatic heterocycles. The minimum Gasteiger partial charge on any atom is -0.490 e. The molecule has 1 aliphatic carbocycles. The van der Waals surface area contributed by atoms with Crippen LogP contribution in [0.2, 0.25) is 0 Å². The largest absolute Gasteiger partial charge is 0.490 e. The minimum absolute atomic E-state index is 0.0302. The first kappa shape index (κ1) is 27.4. The van der Waals surface area contributed by atoms with Gasteiger partial charge in [0.1, 0.15) is 17.9 Å². The Kier molecular flexibility index (Phi) is 8.55. The predicted molar refractivity (Wildman–Crippen MR) is 130 cm³/mol. The molecule has 2 aliphatic rings. The first-order chi connectivity index (χ1) is 18.1. The predicted octanol–water partition coefficient (Wildman–Crippen LogP) is 4.07. The number of aromatic nitrogens is 1. The van der Waals surface area contributed by atoms with E-state index in [0.717, 1.165) is 11.8 Å². The molecule has 1 aromatic carbocycles. The second-order valence-electron chi connectivity index (χ2n) is 9.19. The molecule has 0 spiro atoms. The molecule has 0 N–H and O–H groups in total. The van der Waals surface area contributed by atoms with Gasteiger partial charge in [0.25, 0.3) is 5.69 Å². The maximum absolute atomic E-state index is 13.2. The molecule has 2 aromatic rings. The zero-order valence-electron chi connectivity index (χ0n) is 20.9. The van der Waals surface area contributed by atoms with Gasteiger partial charge in [-0.15, -0.1) is 0 Å². The number of piperazine rings is 1. The first-order valence-corrected chi connectivity index (χ1v) is 12.3. The molecule has 1 saturated carbocycles. The number of nitrogens with zero attached hydrogens (tertiary/aromatic N) is 4. The second-order valence-corrected chi connectivity index (χ2v) is 9.19. The molecule has 2 fully saturated rings. The van der Waals surface area contributed by atoms with Crippen molar-refractivity contribution in [3.63, 3.8) is 0 Å². The molecule has 2 heterocycles. The van der Waals surface area contributed by atoms with Gasteiger partial charge in [-0.05, 0) is 43.9 Å². The number of amides is 1. The summed E-state index contributed by atoms with van der Waals surface area (Å²) in [4.78, 5) is 30.7. The van der Waals surface area contributed by atoms with Crippen molar-refractivity contribution in [3.8, 4) is 11.6 Å². The summed E-state index contributed by atoms with van der Waals surface area (Å²) in [6.07, 6.45) is -1.35. The van der Waals surface area contributed by atoms with Crippen LogP contribution < -0.4 is 14.4 Å². The fourth-order valence-electron chi connectivity index (χ4n) is 4.66. The molecule has 1 amide bonds. The summed E-state index contributed by atoms with van der Waals surface area (Å²) in [5.41, 5.74) is -1.38. The molecule has 0 radical (unpaired) electrons. The van der Waals surface area contributed by atoms with E-state index >= 15 is 0 Å². The van der Waals surface area contributed by atoms with Gasteiger partial charge in [-0.1, -0.05) is 0 Å². The van der Waals surface area contributed by atoms with Crippen molar-refractivity contribution in [2.45, 2.75) is 44.1 Å². The molecule has 4 rings (SSSR count). The van der Waals surface area contributed by atoms with Gasteiger partial charge in [-0.3, -0.25) is 14.9 Å². The topological polar surface area (TPSA) is 107 Å². The van der Waals surface area contributed by atoms with Gasteiger partial charge in [0.15, 0.2) is 0 Å². The van der Waals surface area contributed by atoms with Crippen molar-refractivity contribution in [1.82, 2.24) is 9.88 Å². The van der Waals surface area contributed by atoms with Crippen LogP contribution in [0.3, 0.4) is 0 Å². The molecule has 1 saturated heterocycles. The average molecular weight is 539 g/mol. The van der Waals surface area contributed by atoms with Crippen molar-refractivity contribution in [3.05, 3.63) is 52.2 Å². The van der Waals surface area contributed by atoms with Crippen LogP contribution in [0.25, 0.3) is 0 Å². The van der Waals surface area contributed by atoms with Gasteiger partial charge in [-0.2, -0.15) is 13.2 Å². The van der Waals surface area contributed by atoms with Gasteiger partial charge in [-0.25, -0.2) is 4.98 Å². The summed E-state index contributed by atoms with van der Waals surface area (Å²) < 4.78 is 56.2. The lowest BCUT2D eigenvalue weighted by molar-refractivity contribution is -0.388. The van der Waals surface area contributed by atoms with E-state index in [1.54, 1.807) is 24.3 Å². The molecular weight excluding hydrogens is 509 g/mol. The van der Waals surface area contributed by atoms with E-state index in [1.807, 2.05) is 6.07 Å². The first-order valence-electron chi connectivity index (χ1n) is 12.3. The Labute approximate surface area is 217 Å². The number of carbonyl (C=O) groups excluding carboxylic acids is 1. The number of benzene rings is 1. The number of anilines is 1. The third-order valence-electron chi connectivity index (χ3n) is 6.76. The summed E-state index contributed by atoms with van der Waals surface area (Å²) in [5, 5.41) is 10.9. The van der Waals surface area contributed by atoms with Crippen molar-refractivity contribution in [2.75, 3.05) is 44.8 Å². The zero-order valence-corrected chi connectivity index (χ0v) is 20.9. The molecule has 0 bridgehead atoms. The van der Waals surface area contributed by atoms with E-state index in [9.17, 15) is 28.1 Å². The van der Waals surface area contributed by atoms with Gasteiger partial charge in [0.05, 0.1) is 36.1 Å². The van der Waals surface area contributed by atoms with Crippen LogP contribution in [0, 0.1) is 10.1 Å². The smallest absolute Gasteiger partial charge is 0.423 e. The molecule has 0 atom stereocenters. The Hall–Kier alpha value is -3.61. The summed E-state index contributed by atoms with van der Waals surface area (Å²) in [6, 6.07) is 6.39. The van der Waals surface area contributed by atoms with Crippen LogP contribution in [0.1, 0.15) is 31.2 Å². The summed E-state index contributed by atoms with van der Waals surface area (Å²) in [7, 11) is 1.56. The molecule has 206 valence electrons. The highest BCUT2D eigenvalue weighted by Crippen LogP contribution is 2.39. The molecule has 1 aromatic heterocycles. The average Bonchev–Trinajstić information content (AvgIpc) is 2.92. The van der Waals surface area contributed by atoms with Crippen LogP contribution in [-0.2, 0) is 15.7 Å². The van der Waals surface area contributed by atoms with E-state index in [-0.39, 0.29) is 30.5 Å². The van der Waals surface area contributed by atoms with E-state index in [4.69, 9.17) is 14.2 Å². The fraction of sp³-hybridized carbons (Fsp3) is 0.520. The lowest BCUT2D eigenvalue weighted by Crippen LogP contribution is -2.50. The summed E-state index contributed by atoms with van der Waals surface area (Å²) in [5.74, 6) is 0.399. The van der Waals surface area contributed by atoms with Crippen molar-refractivity contribution in [2.24, 2.45) is 0 Å². The number of carbonyl (C=O) groups is 1. The van der Waals surface area contributed by atoms with Crippen LogP contribution >= 0.6 is 0 Å². The fourth-order valence-corrected chi connectivity index (χ4v) is 4.66. The lowest BCUT2D eigenvalue weighted by atomic mass is 9.95. The van der Waals surface area contributed by atoms with Gasteiger partial charge < -0.3 is 24.0 Å². The Bertz CT molecular complexity index is 1120. The van der Waals surface area contributed by atoms with E-state index in [2.05, 4.69) is 9.88 Å². The highest BCUT2D eigenvalue weighted by Gasteiger charge is 2.39. The highest BCUT2D eigenvalue weighted by molar-refractivity contribution is 5.77. The molecular formula is C25H29F3N4O6. The number of nitro groups is 1. The summed E-state index contributed by atoms with van der Waals surface area (Å²) >= 11 is 0. The number of nitro benzene ring substituents is 1. The number of rotatable bonds is 8. The van der Waals surface area contributed by atoms with Crippen LogP contribution in [0.15, 0.2) is 36.5 Å². The quantitative estimate of drug-likeness (QED) is 0.366. The Morgan fingerprint density at radius 3 is 2.34 bits per heavy atom.